The Morgan fingerprint density at radius 1 is 1.40 bits per heavy atom. The molecule has 0 amide bonds. The third-order valence-electron chi connectivity index (χ3n) is 5.08. The largest absolute Gasteiger partial charge is 0.378 e. The molecular formula is C14H28IN3O2. The molecule has 1 heterocycles. The second kappa shape index (κ2) is 6.36. The van der Waals surface area contributed by atoms with Crippen LogP contribution in [0.3, 0.4) is 0 Å². The van der Waals surface area contributed by atoms with Crippen molar-refractivity contribution in [2.24, 2.45) is 16.1 Å². The molecular weight excluding hydrogens is 369 g/mol. The first-order valence-corrected chi connectivity index (χ1v) is 7.05. The van der Waals surface area contributed by atoms with Gasteiger partial charge in [0.1, 0.15) is 0 Å². The molecule has 3 atom stereocenters. The SMILES string of the molecule is COC1(C)CC(N=C(N)N2CCOC(C)C2)C1(C)C.I. The molecule has 0 radical (unpaired) electrons. The Hall–Kier alpha value is -0.0800. The minimum Gasteiger partial charge on any atom is -0.378 e. The van der Waals surface area contributed by atoms with E-state index in [2.05, 4.69) is 32.6 Å². The molecule has 6 heteroatoms. The van der Waals surface area contributed by atoms with Gasteiger partial charge in [-0.3, -0.25) is 0 Å². The van der Waals surface area contributed by atoms with Gasteiger partial charge in [0.25, 0.3) is 0 Å². The first-order valence-electron chi connectivity index (χ1n) is 7.05. The zero-order chi connectivity index (χ0) is 14.3. The van der Waals surface area contributed by atoms with Gasteiger partial charge >= 0.3 is 0 Å². The molecule has 2 fully saturated rings. The van der Waals surface area contributed by atoms with Gasteiger partial charge in [-0.1, -0.05) is 13.8 Å². The summed E-state index contributed by atoms with van der Waals surface area (Å²) in [5.41, 5.74) is 6.07. The van der Waals surface area contributed by atoms with E-state index >= 15 is 0 Å². The van der Waals surface area contributed by atoms with Crippen molar-refractivity contribution in [2.75, 3.05) is 26.8 Å². The van der Waals surface area contributed by atoms with Gasteiger partial charge in [-0.2, -0.15) is 0 Å². The monoisotopic (exact) mass is 397 g/mol. The second-order valence-electron chi connectivity index (χ2n) is 6.49. The Labute approximate surface area is 139 Å². The van der Waals surface area contributed by atoms with E-state index in [1.165, 1.54) is 0 Å². The van der Waals surface area contributed by atoms with Gasteiger partial charge in [0.05, 0.1) is 24.4 Å². The molecule has 0 bridgehead atoms. The van der Waals surface area contributed by atoms with Crippen LogP contribution in [-0.4, -0.2) is 55.4 Å². The van der Waals surface area contributed by atoms with E-state index in [1.54, 1.807) is 7.11 Å². The molecule has 3 unspecified atom stereocenters. The summed E-state index contributed by atoms with van der Waals surface area (Å²) in [6, 6.07) is 0.232. The third kappa shape index (κ3) is 3.06. The highest BCUT2D eigenvalue weighted by Gasteiger charge is 2.58. The van der Waals surface area contributed by atoms with Gasteiger partial charge in [0.15, 0.2) is 5.96 Å². The van der Waals surface area contributed by atoms with Crippen LogP contribution in [-0.2, 0) is 9.47 Å². The van der Waals surface area contributed by atoms with E-state index in [9.17, 15) is 0 Å². The van der Waals surface area contributed by atoms with Crippen molar-refractivity contribution < 1.29 is 9.47 Å². The maximum absolute atomic E-state index is 6.15. The van der Waals surface area contributed by atoms with Crippen LogP contribution in [0.25, 0.3) is 0 Å². The third-order valence-corrected chi connectivity index (χ3v) is 5.08. The molecule has 118 valence electrons. The lowest BCUT2D eigenvalue weighted by Crippen LogP contribution is -2.63. The number of halogens is 1. The zero-order valence-electron chi connectivity index (χ0n) is 13.2. The Balaban J connectivity index is 0.00000200. The number of nitrogens with zero attached hydrogens (tertiary/aromatic N) is 2. The van der Waals surface area contributed by atoms with E-state index in [0.717, 1.165) is 26.1 Å². The number of nitrogens with two attached hydrogens (primary N) is 1. The first-order chi connectivity index (χ1) is 8.80. The second-order valence-corrected chi connectivity index (χ2v) is 6.49. The van der Waals surface area contributed by atoms with Crippen LogP contribution in [0.4, 0.5) is 0 Å². The van der Waals surface area contributed by atoms with Crippen LogP contribution in [0.15, 0.2) is 4.99 Å². The highest BCUT2D eigenvalue weighted by atomic mass is 127. The summed E-state index contributed by atoms with van der Waals surface area (Å²) in [7, 11) is 1.77. The topological polar surface area (TPSA) is 60.1 Å². The number of aliphatic imine (C=N–C) groups is 1. The van der Waals surface area contributed by atoms with Crippen LogP contribution in [0, 0.1) is 5.41 Å². The molecule has 1 saturated heterocycles. The number of methoxy groups -OCH3 is 1. The molecule has 20 heavy (non-hydrogen) atoms. The van der Waals surface area contributed by atoms with Crippen molar-refractivity contribution in [3.05, 3.63) is 0 Å². The summed E-state index contributed by atoms with van der Waals surface area (Å²) in [6.07, 6.45) is 1.15. The molecule has 0 aromatic rings. The molecule has 1 saturated carbocycles. The van der Waals surface area contributed by atoms with E-state index in [4.69, 9.17) is 20.2 Å². The van der Waals surface area contributed by atoms with Crippen molar-refractivity contribution in [1.82, 2.24) is 4.90 Å². The smallest absolute Gasteiger partial charge is 0.191 e. The predicted molar refractivity (Wildman–Crippen MR) is 91.6 cm³/mol. The van der Waals surface area contributed by atoms with Gasteiger partial charge < -0.3 is 20.1 Å². The molecule has 0 aromatic heterocycles. The molecule has 2 aliphatic rings. The Morgan fingerprint density at radius 3 is 2.55 bits per heavy atom. The number of guanidine groups is 1. The van der Waals surface area contributed by atoms with Crippen molar-refractivity contribution >= 4 is 29.9 Å². The fourth-order valence-electron chi connectivity index (χ4n) is 2.93. The summed E-state index contributed by atoms with van der Waals surface area (Å²) in [5.74, 6) is 0.645. The number of ether oxygens (including phenoxy) is 2. The average Bonchev–Trinajstić information content (AvgIpc) is 2.37. The van der Waals surface area contributed by atoms with Gasteiger partial charge in [-0.15, -0.1) is 24.0 Å². The lowest BCUT2D eigenvalue weighted by atomic mass is 9.56. The van der Waals surface area contributed by atoms with Crippen LogP contribution in [0.5, 0.6) is 0 Å². The zero-order valence-corrected chi connectivity index (χ0v) is 15.5. The van der Waals surface area contributed by atoms with E-state index in [1.807, 2.05) is 0 Å². The fraction of sp³-hybridized carbons (Fsp3) is 0.929. The average molecular weight is 397 g/mol. The number of morpholine rings is 1. The van der Waals surface area contributed by atoms with Crippen molar-refractivity contribution in [3.8, 4) is 0 Å². The molecule has 0 aromatic carbocycles. The van der Waals surface area contributed by atoms with Crippen LogP contribution in [0.1, 0.15) is 34.1 Å². The molecule has 2 rings (SSSR count). The van der Waals surface area contributed by atoms with Crippen LogP contribution < -0.4 is 5.73 Å². The van der Waals surface area contributed by atoms with Gasteiger partial charge in [0.2, 0.25) is 0 Å². The summed E-state index contributed by atoms with van der Waals surface area (Å²) in [5, 5.41) is 0. The maximum atomic E-state index is 6.15. The fourth-order valence-corrected chi connectivity index (χ4v) is 2.93. The Kier molecular flexibility index (Phi) is 5.71. The number of hydrogen-bond acceptors (Lipinski definition) is 3. The number of hydrogen-bond donors (Lipinski definition) is 1. The minimum absolute atomic E-state index is 0. The quantitative estimate of drug-likeness (QED) is 0.439. The highest BCUT2D eigenvalue weighted by Crippen LogP contribution is 2.53. The summed E-state index contributed by atoms with van der Waals surface area (Å²) >= 11 is 0. The molecule has 2 N–H and O–H groups in total. The lowest BCUT2D eigenvalue weighted by molar-refractivity contribution is -0.171. The Morgan fingerprint density at radius 2 is 2.05 bits per heavy atom. The Bertz CT molecular complexity index is 375. The molecule has 1 aliphatic heterocycles. The van der Waals surface area contributed by atoms with Crippen LogP contribution in [0.2, 0.25) is 0 Å². The standard InChI is InChI=1S/C14H27N3O2.HI/c1-10-9-17(6-7-19-10)12(15)16-11-8-14(4,18-5)13(11,2)3;/h10-11H,6-9H2,1-5H3,(H2,15,16);1H. The van der Waals surface area contributed by atoms with E-state index < -0.39 is 0 Å². The molecule has 1 aliphatic carbocycles. The normalized spacial score (nSPS) is 37.0. The summed E-state index contributed by atoms with van der Waals surface area (Å²) < 4.78 is 11.1. The summed E-state index contributed by atoms with van der Waals surface area (Å²) in [6.45, 7) is 11.0. The number of rotatable bonds is 2. The van der Waals surface area contributed by atoms with Gasteiger partial charge in [-0.05, 0) is 20.3 Å². The van der Waals surface area contributed by atoms with E-state index in [-0.39, 0.29) is 47.1 Å². The summed E-state index contributed by atoms with van der Waals surface area (Å²) in [4.78, 5) is 6.84. The van der Waals surface area contributed by atoms with Crippen molar-refractivity contribution in [2.45, 2.75) is 51.9 Å². The highest BCUT2D eigenvalue weighted by molar-refractivity contribution is 14.0. The first kappa shape index (κ1) is 18.0. The molecule has 5 nitrogen and oxygen atoms in total. The van der Waals surface area contributed by atoms with E-state index in [0.29, 0.717) is 5.96 Å². The lowest BCUT2D eigenvalue weighted by Gasteiger charge is -2.57. The minimum atomic E-state index is -0.0975. The predicted octanol–water partition coefficient (Wildman–Crippen LogP) is 1.84. The molecule has 0 spiro atoms. The van der Waals surface area contributed by atoms with Gasteiger partial charge in [0, 0.05) is 25.6 Å². The maximum Gasteiger partial charge on any atom is 0.191 e. The van der Waals surface area contributed by atoms with Crippen molar-refractivity contribution in [1.29, 1.82) is 0 Å². The van der Waals surface area contributed by atoms with Crippen molar-refractivity contribution in [3.63, 3.8) is 0 Å². The van der Waals surface area contributed by atoms with Crippen LogP contribution >= 0.6 is 24.0 Å². The van der Waals surface area contributed by atoms with Gasteiger partial charge in [-0.25, -0.2) is 4.99 Å².